The van der Waals surface area contributed by atoms with Crippen molar-refractivity contribution in [3.05, 3.63) is 40.8 Å². The van der Waals surface area contributed by atoms with Crippen molar-refractivity contribution in [1.82, 2.24) is 9.97 Å². The number of hydrogen-bond donors (Lipinski definition) is 3. The summed E-state index contributed by atoms with van der Waals surface area (Å²) in [5.41, 5.74) is 0.524. The van der Waals surface area contributed by atoms with Gasteiger partial charge < -0.3 is 15.0 Å². The van der Waals surface area contributed by atoms with Crippen LogP contribution in [0.1, 0.15) is 0 Å². The van der Waals surface area contributed by atoms with E-state index in [1.807, 2.05) is 12.1 Å². The van der Waals surface area contributed by atoms with Crippen molar-refractivity contribution < 1.29 is 10.0 Å². The molecule has 2 aromatic rings. The van der Waals surface area contributed by atoms with Crippen molar-refractivity contribution in [3.8, 4) is 0 Å². The molecule has 0 spiro atoms. The summed E-state index contributed by atoms with van der Waals surface area (Å²) in [7, 11) is -0.750. The quantitative estimate of drug-likeness (QED) is 0.475. The summed E-state index contributed by atoms with van der Waals surface area (Å²) in [6, 6.07) is 6.98. The van der Waals surface area contributed by atoms with E-state index in [4.69, 9.17) is 10.0 Å². The van der Waals surface area contributed by atoms with Gasteiger partial charge in [-0.3, -0.25) is 4.79 Å². The summed E-state index contributed by atoms with van der Waals surface area (Å²) in [5.74, 6) is 0. The van der Waals surface area contributed by atoms with Gasteiger partial charge in [0.2, 0.25) is 5.56 Å². The largest absolute Gasteiger partial charge is 0.432 e. The number of H-pyrrole nitrogens is 1. The number of fused-ring (bicyclic) bond motifs is 1. The Bertz CT molecular complexity index is 457. The SMILES string of the molecule is O=c1ccc2cccnc2[nH]1.OBO. The Morgan fingerprint density at radius 2 is 2.00 bits per heavy atom. The molecule has 5 nitrogen and oxygen atoms in total. The van der Waals surface area contributed by atoms with Gasteiger partial charge in [0.15, 0.2) is 0 Å². The van der Waals surface area contributed by atoms with Gasteiger partial charge in [-0.2, -0.15) is 0 Å². The van der Waals surface area contributed by atoms with E-state index in [0.717, 1.165) is 5.39 Å². The molecule has 2 heterocycles. The highest BCUT2D eigenvalue weighted by molar-refractivity contribution is 6.13. The summed E-state index contributed by atoms with van der Waals surface area (Å²) in [6.07, 6.45) is 1.65. The highest BCUT2D eigenvalue weighted by Gasteiger charge is 1.90. The van der Waals surface area contributed by atoms with Crippen LogP contribution < -0.4 is 5.56 Å². The smallest absolute Gasteiger partial charge is 0.430 e. The molecule has 0 saturated carbocycles. The molecule has 2 rings (SSSR count). The molecule has 72 valence electrons. The van der Waals surface area contributed by atoms with Gasteiger partial charge in [0.25, 0.3) is 0 Å². The maximum Gasteiger partial charge on any atom is 0.432 e. The Balaban J connectivity index is 0.000000293. The Kier molecular flexibility index (Phi) is 3.84. The molecule has 0 aliphatic rings. The van der Waals surface area contributed by atoms with Crippen LogP contribution in [0.15, 0.2) is 35.3 Å². The number of aromatic amines is 1. The van der Waals surface area contributed by atoms with Crippen LogP contribution in [0.4, 0.5) is 0 Å². The predicted octanol–water partition coefficient (Wildman–Crippen LogP) is -0.839. The third kappa shape index (κ3) is 2.68. The van der Waals surface area contributed by atoms with Crippen LogP contribution in [-0.4, -0.2) is 27.7 Å². The van der Waals surface area contributed by atoms with Gasteiger partial charge in [0.05, 0.1) is 0 Å². The monoisotopic (exact) mass is 192 g/mol. The summed E-state index contributed by atoms with van der Waals surface area (Å²) < 4.78 is 0. The Morgan fingerprint density at radius 3 is 2.71 bits per heavy atom. The molecule has 6 heteroatoms. The average Bonchev–Trinajstić information content (AvgIpc) is 2.19. The second-order valence-corrected chi connectivity index (χ2v) is 2.41. The molecule has 0 aliphatic heterocycles. The predicted molar refractivity (Wildman–Crippen MR) is 54.0 cm³/mol. The summed E-state index contributed by atoms with van der Waals surface area (Å²) in [4.78, 5) is 17.4. The lowest BCUT2D eigenvalue weighted by molar-refractivity contribution is 0.448. The van der Waals surface area contributed by atoms with Crippen molar-refractivity contribution in [1.29, 1.82) is 0 Å². The standard InChI is InChI=1S/C8H6N2O.BH3O2/c11-7-4-3-6-2-1-5-9-8(6)10-7;2-1-3/h1-5H,(H,9,10,11);1-3H. The van der Waals surface area contributed by atoms with Gasteiger partial charge in [0, 0.05) is 17.6 Å². The Labute approximate surface area is 80.4 Å². The maximum atomic E-state index is 10.8. The molecule has 14 heavy (non-hydrogen) atoms. The zero-order valence-corrected chi connectivity index (χ0v) is 7.34. The minimum absolute atomic E-state index is 0.115. The molecular weight excluding hydrogens is 183 g/mol. The summed E-state index contributed by atoms with van der Waals surface area (Å²) in [6.45, 7) is 0. The van der Waals surface area contributed by atoms with Crippen LogP contribution in [0, 0.1) is 0 Å². The zero-order chi connectivity index (χ0) is 10.4. The van der Waals surface area contributed by atoms with E-state index in [-0.39, 0.29) is 5.56 Å². The van der Waals surface area contributed by atoms with Crippen LogP contribution in [0.25, 0.3) is 11.0 Å². The van der Waals surface area contributed by atoms with Crippen molar-refractivity contribution in [2.24, 2.45) is 0 Å². The van der Waals surface area contributed by atoms with Crippen LogP contribution in [0.2, 0.25) is 0 Å². The first kappa shape index (κ1) is 10.4. The summed E-state index contributed by atoms with van der Waals surface area (Å²) >= 11 is 0. The third-order valence-corrected chi connectivity index (χ3v) is 1.49. The van der Waals surface area contributed by atoms with Gasteiger partial charge in [-0.1, -0.05) is 0 Å². The molecule has 0 fully saturated rings. The normalized spacial score (nSPS) is 9.00. The Hall–Kier alpha value is -1.66. The van der Waals surface area contributed by atoms with E-state index < -0.39 is 7.69 Å². The molecule has 0 aliphatic carbocycles. The summed E-state index contributed by atoms with van der Waals surface area (Å²) in [5, 5.41) is 15.2. The third-order valence-electron chi connectivity index (χ3n) is 1.49. The molecule has 0 radical (unpaired) electrons. The maximum absolute atomic E-state index is 10.8. The minimum atomic E-state index is -0.750. The van der Waals surface area contributed by atoms with E-state index in [2.05, 4.69) is 9.97 Å². The molecular formula is C8H9BN2O3. The molecule has 0 unspecified atom stereocenters. The molecule has 0 aromatic carbocycles. The van der Waals surface area contributed by atoms with E-state index in [1.54, 1.807) is 12.3 Å². The van der Waals surface area contributed by atoms with Crippen molar-refractivity contribution in [2.75, 3.05) is 0 Å². The second-order valence-electron chi connectivity index (χ2n) is 2.41. The van der Waals surface area contributed by atoms with Crippen molar-refractivity contribution in [3.63, 3.8) is 0 Å². The van der Waals surface area contributed by atoms with E-state index in [1.165, 1.54) is 6.07 Å². The minimum Gasteiger partial charge on any atom is -0.430 e. The molecule has 2 aromatic heterocycles. The molecule has 0 atom stereocenters. The lowest BCUT2D eigenvalue weighted by Gasteiger charge is -1.92. The fourth-order valence-corrected chi connectivity index (χ4v) is 0.981. The fourth-order valence-electron chi connectivity index (χ4n) is 0.981. The highest BCUT2D eigenvalue weighted by Crippen LogP contribution is 2.02. The molecule has 3 N–H and O–H groups in total. The molecule has 0 amide bonds. The zero-order valence-electron chi connectivity index (χ0n) is 7.34. The number of pyridine rings is 2. The van der Waals surface area contributed by atoms with Crippen molar-refractivity contribution in [2.45, 2.75) is 0 Å². The van der Waals surface area contributed by atoms with Crippen LogP contribution in [0.3, 0.4) is 0 Å². The van der Waals surface area contributed by atoms with E-state index in [9.17, 15) is 4.79 Å². The first-order valence-corrected chi connectivity index (χ1v) is 3.93. The number of hydrogen-bond acceptors (Lipinski definition) is 4. The lowest BCUT2D eigenvalue weighted by Crippen LogP contribution is -2.02. The second kappa shape index (κ2) is 5.16. The first-order chi connectivity index (χ1) is 6.77. The van der Waals surface area contributed by atoms with Gasteiger partial charge in [-0.15, -0.1) is 0 Å². The van der Waals surface area contributed by atoms with E-state index in [0.29, 0.717) is 5.65 Å². The van der Waals surface area contributed by atoms with Crippen LogP contribution in [0.5, 0.6) is 0 Å². The fraction of sp³-hybridized carbons (Fsp3) is 0. The van der Waals surface area contributed by atoms with Gasteiger partial charge in [-0.05, 0) is 18.2 Å². The topological polar surface area (TPSA) is 86.2 Å². The number of rotatable bonds is 0. The molecule has 0 bridgehead atoms. The van der Waals surface area contributed by atoms with Crippen molar-refractivity contribution >= 4 is 18.7 Å². The number of nitrogens with one attached hydrogen (secondary N) is 1. The van der Waals surface area contributed by atoms with Gasteiger partial charge >= 0.3 is 7.69 Å². The molecule has 0 saturated heterocycles. The van der Waals surface area contributed by atoms with Crippen LogP contribution >= 0.6 is 0 Å². The van der Waals surface area contributed by atoms with Gasteiger partial charge in [-0.25, -0.2) is 4.98 Å². The van der Waals surface area contributed by atoms with E-state index >= 15 is 0 Å². The lowest BCUT2D eigenvalue weighted by atomic mass is 10.3. The highest BCUT2D eigenvalue weighted by atomic mass is 16.4. The van der Waals surface area contributed by atoms with Crippen LogP contribution in [-0.2, 0) is 0 Å². The number of aromatic nitrogens is 2. The first-order valence-electron chi connectivity index (χ1n) is 3.93. The Morgan fingerprint density at radius 1 is 1.29 bits per heavy atom. The van der Waals surface area contributed by atoms with Gasteiger partial charge in [0.1, 0.15) is 5.65 Å². The average molecular weight is 192 g/mol. The number of nitrogens with zero attached hydrogens (tertiary/aromatic N) is 1.